The van der Waals surface area contributed by atoms with Crippen molar-refractivity contribution in [3.8, 4) is 5.75 Å². The normalized spacial score (nSPS) is 14.9. The zero-order chi connectivity index (χ0) is 20.2. The van der Waals surface area contributed by atoms with Gasteiger partial charge in [-0.1, -0.05) is 23.2 Å². The van der Waals surface area contributed by atoms with Crippen molar-refractivity contribution < 1.29 is 23.4 Å². The molecule has 0 fully saturated rings. The molecular formula is C15H9Cl2N5O5S. The number of nitrogens with zero attached hydrogens (tertiary/aromatic N) is 3. The summed E-state index contributed by atoms with van der Waals surface area (Å²) in [4.78, 5) is 11.0. The number of aromatic hydroxyl groups is 1. The number of anilines is 2. The minimum Gasteiger partial charge on any atom is -0.506 e. The molecule has 2 aromatic carbocycles. The van der Waals surface area contributed by atoms with Crippen molar-refractivity contribution >= 4 is 67.6 Å². The van der Waals surface area contributed by atoms with E-state index in [0.29, 0.717) is 15.8 Å². The molecule has 4 N–H and O–H groups in total. The van der Waals surface area contributed by atoms with Crippen molar-refractivity contribution in [1.82, 2.24) is 9.78 Å². The van der Waals surface area contributed by atoms with Crippen molar-refractivity contribution in [1.29, 1.82) is 0 Å². The molecule has 10 nitrogen and oxygen atoms in total. The highest BCUT2D eigenvalue weighted by Gasteiger charge is 2.28. The molecule has 0 radical (unpaired) electrons. The van der Waals surface area contributed by atoms with Crippen LogP contribution in [0.2, 0.25) is 10.0 Å². The van der Waals surface area contributed by atoms with Crippen LogP contribution in [0.4, 0.5) is 16.2 Å². The summed E-state index contributed by atoms with van der Waals surface area (Å²) in [7, 11) is -4.15. The Bertz CT molecular complexity index is 1300. The number of carbonyl (C=O) groups is 1. The van der Waals surface area contributed by atoms with Crippen LogP contribution in [-0.2, 0) is 10.0 Å². The molecule has 0 saturated carbocycles. The number of benzene rings is 2. The van der Waals surface area contributed by atoms with Gasteiger partial charge in [-0.15, -0.1) is 4.40 Å². The van der Waals surface area contributed by atoms with E-state index in [1.54, 1.807) is 0 Å². The summed E-state index contributed by atoms with van der Waals surface area (Å²) in [5.74, 6) is -0.586. The molecule has 1 aromatic heterocycles. The number of hydrogen-bond donors (Lipinski definition) is 4. The molecule has 0 aliphatic carbocycles. The Kier molecular flexibility index (Phi) is 4.10. The predicted molar refractivity (Wildman–Crippen MR) is 103 cm³/mol. The fourth-order valence-corrected chi connectivity index (χ4v) is 4.39. The van der Waals surface area contributed by atoms with E-state index in [0.717, 1.165) is 6.07 Å². The summed E-state index contributed by atoms with van der Waals surface area (Å²) in [6, 6.07) is 5.28. The standard InChI is InChI=1S/C15H9Cl2N5O5S/c16-6-3-10(23)12-11(4-6)28(26,27)21-14(20-12)19-9-2-1-8(17)13-7(9)5-18-22(13)15(24)25/h1-5,23H,(H,24,25)(H2,19,20,21). The molecule has 0 unspecified atom stereocenters. The monoisotopic (exact) mass is 441 g/mol. The van der Waals surface area contributed by atoms with Crippen LogP contribution in [0.5, 0.6) is 5.75 Å². The third kappa shape index (κ3) is 2.89. The fraction of sp³-hybridized carbons (Fsp3) is 0. The first-order valence-electron chi connectivity index (χ1n) is 7.48. The highest BCUT2D eigenvalue weighted by molar-refractivity contribution is 7.90. The summed E-state index contributed by atoms with van der Waals surface area (Å²) in [5.41, 5.74) is 0.326. The summed E-state index contributed by atoms with van der Waals surface area (Å²) >= 11 is 11.9. The fourth-order valence-electron chi connectivity index (χ4n) is 2.74. The molecular weight excluding hydrogens is 433 g/mol. The van der Waals surface area contributed by atoms with Gasteiger partial charge in [-0.25, -0.2) is 4.79 Å². The number of nitrogens with one attached hydrogen (secondary N) is 2. The van der Waals surface area contributed by atoms with Gasteiger partial charge in [0.15, 0.2) is 0 Å². The number of phenolic OH excluding ortho intramolecular Hbond substituents is 1. The van der Waals surface area contributed by atoms with E-state index in [1.807, 2.05) is 0 Å². The first-order valence-corrected chi connectivity index (χ1v) is 9.68. The van der Waals surface area contributed by atoms with Gasteiger partial charge in [-0.05, 0) is 18.2 Å². The average molecular weight is 442 g/mol. The number of fused-ring (bicyclic) bond motifs is 2. The largest absolute Gasteiger partial charge is 0.506 e. The predicted octanol–water partition coefficient (Wildman–Crippen LogP) is 3.16. The van der Waals surface area contributed by atoms with Crippen LogP contribution in [-0.4, -0.2) is 40.5 Å². The first-order chi connectivity index (χ1) is 13.2. The molecule has 4 rings (SSSR count). The second-order valence-electron chi connectivity index (χ2n) is 5.66. The van der Waals surface area contributed by atoms with E-state index in [1.165, 1.54) is 24.4 Å². The highest BCUT2D eigenvalue weighted by atomic mass is 35.5. The van der Waals surface area contributed by atoms with Gasteiger partial charge in [0, 0.05) is 16.5 Å². The van der Waals surface area contributed by atoms with Crippen molar-refractivity contribution in [3.63, 3.8) is 0 Å². The van der Waals surface area contributed by atoms with Gasteiger partial charge < -0.3 is 20.8 Å². The van der Waals surface area contributed by atoms with Crippen LogP contribution >= 0.6 is 23.2 Å². The lowest BCUT2D eigenvalue weighted by Crippen LogP contribution is -2.28. The number of rotatable bonds is 1. The van der Waals surface area contributed by atoms with Crippen LogP contribution in [0.1, 0.15) is 0 Å². The summed E-state index contributed by atoms with van der Waals surface area (Å²) in [6.07, 6.45) is -0.0683. The van der Waals surface area contributed by atoms with E-state index in [9.17, 15) is 23.4 Å². The van der Waals surface area contributed by atoms with Gasteiger partial charge in [0.2, 0.25) is 5.96 Å². The zero-order valence-corrected chi connectivity index (χ0v) is 15.8. The topological polar surface area (TPSA) is 146 Å². The molecule has 1 aliphatic heterocycles. The summed E-state index contributed by atoms with van der Waals surface area (Å²) in [5, 5.41) is 28.9. The molecule has 0 spiro atoms. The molecule has 1 aliphatic rings. The quantitative estimate of drug-likeness (QED) is 0.421. The smallest absolute Gasteiger partial charge is 0.432 e. The average Bonchev–Trinajstić information content (AvgIpc) is 3.05. The highest BCUT2D eigenvalue weighted by Crippen LogP contribution is 2.38. The number of sulfonamides is 1. The molecule has 13 heteroatoms. The second kappa shape index (κ2) is 6.26. The van der Waals surface area contributed by atoms with Crippen molar-refractivity contribution in [2.75, 3.05) is 10.6 Å². The Hall–Kier alpha value is -3.02. The minimum atomic E-state index is -4.15. The molecule has 28 heavy (non-hydrogen) atoms. The third-order valence-corrected chi connectivity index (χ3v) is 5.72. The first kappa shape index (κ1) is 18.3. The lowest BCUT2D eigenvalue weighted by Gasteiger charge is -2.20. The van der Waals surface area contributed by atoms with Gasteiger partial charge in [-0.2, -0.15) is 18.2 Å². The Balaban J connectivity index is 1.80. The lowest BCUT2D eigenvalue weighted by molar-refractivity contribution is 0.194. The number of guanidine groups is 1. The van der Waals surface area contributed by atoms with Crippen molar-refractivity contribution in [2.24, 2.45) is 4.40 Å². The Morgan fingerprint density at radius 3 is 2.71 bits per heavy atom. The van der Waals surface area contributed by atoms with E-state index >= 15 is 0 Å². The minimum absolute atomic E-state index is 0.0359. The van der Waals surface area contributed by atoms with E-state index < -0.39 is 16.1 Å². The second-order valence-corrected chi connectivity index (χ2v) is 8.08. The van der Waals surface area contributed by atoms with Crippen LogP contribution in [0.3, 0.4) is 0 Å². The lowest BCUT2D eigenvalue weighted by atomic mass is 10.2. The molecule has 0 amide bonds. The molecule has 3 aromatic rings. The van der Waals surface area contributed by atoms with Gasteiger partial charge in [-0.3, -0.25) is 0 Å². The molecule has 2 heterocycles. The molecule has 0 atom stereocenters. The van der Waals surface area contributed by atoms with Crippen LogP contribution < -0.4 is 10.6 Å². The summed E-state index contributed by atoms with van der Waals surface area (Å²) in [6.45, 7) is 0. The van der Waals surface area contributed by atoms with E-state index in [2.05, 4.69) is 20.1 Å². The maximum Gasteiger partial charge on any atom is 0.432 e. The van der Waals surface area contributed by atoms with Crippen LogP contribution in [0.25, 0.3) is 10.9 Å². The molecule has 144 valence electrons. The van der Waals surface area contributed by atoms with Gasteiger partial charge in [0.05, 0.1) is 16.9 Å². The Labute approximate surface area is 167 Å². The van der Waals surface area contributed by atoms with Crippen molar-refractivity contribution in [3.05, 3.63) is 40.5 Å². The Morgan fingerprint density at radius 1 is 1.25 bits per heavy atom. The van der Waals surface area contributed by atoms with Crippen LogP contribution in [0, 0.1) is 0 Å². The summed E-state index contributed by atoms with van der Waals surface area (Å²) < 4.78 is 29.2. The number of aromatic nitrogens is 2. The number of carboxylic acid groups (broad SMARTS) is 1. The third-order valence-electron chi connectivity index (χ3n) is 3.90. The SMILES string of the molecule is O=C(O)n1ncc2c(NC3=NS(=O)(=O)c4cc(Cl)cc(O)c4N3)ccc(Cl)c21. The maximum absolute atomic E-state index is 12.4. The zero-order valence-electron chi connectivity index (χ0n) is 13.5. The number of phenols is 1. The van der Waals surface area contributed by atoms with Crippen molar-refractivity contribution in [2.45, 2.75) is 4.90 Å². The molecule has 0 saturated heterocycles. The number of hydrogen-bond acceptors (Lipinski definition) is 7. The van der Waals surface area contributed by atoms with Gasteiger partial charge >= 0.3 is 6.09 Å². The maximum atomic E-state index is 12.4. The van der Waals surface area contributed by atoms with Gasteiger partial charge in [0.25, 0.3) is 10.0 Å². The molecule has 0 bridgehead atoms. The van der Waals surface area contributed by atoms with Gasteiger partial charge in [0.1, 0.15) is 21.8 Å². The Morgan fingerprint density at radius 2 is 2.00 bits per heavy atom. The van der Waals surface area contributed by atoms with E-state index in [4.69, 9.17) is 23.2 Å². The van der Waals surface area contributed by atoms with E-state index in [-0.39, 0.29) is 37.9 Å². The number of halogens is 2. The van der Waals surface area contributed by atoms with Crippen LogP contribution in [0.15, 0.2) is 39.8 Å².